The molecule has 0 saturated carbocycles. The van der Waals surface area contributed by atoms with E-state index >= 15 is 0 Å². The molecule has 3 aromatic rings. The number of fused-ring (bicyclic) bond motifs is 1. The number of aromatic nitrogens is 1. The monoisotopic (exact) mass is 324 g/mol. The van der Waals surface area contributed by atoms with Crippen LogP contribution < -0.4 is 5.32 Å². The van der Waals surface area contributed by atoms with Crippen LogP contribution in [0.25, 0.3) is 10.2 Å². The number of rotatable bonds is 5. The lowest BCUT2D eigenvalue weighted by Crippen LogP contribution is -2.13. The summed E-state index contributed by atoms with van der Waals surface area (Å²) in [6.07, 6.45) is 0.380. The molecule has 0 aliphatic carbocycles. The second-order valence-corrected chi connectivity index (χ2v) is 6.49. The zero-order chi connectivity index (χ0) is 16.2. The number of aryl methyl sites for hydroxylation is 1. The number of ketones is 1. The Kier molecular flexibility index (Phi) is 4.48. The van der Waals surface area contributed by atoms with E-state index in [2.05, 4.69) is 10.3 Å². The Balaban J connectivity index is 1.59. The normalized spacial score (nSPS) is 10.7. The standard InChI is InChI=1S/C18H16N2O2S/c1-12-19-15-8-7-14(11-17(15)23-12)20-18(22)10-9-16(21)13-5-3-2-4-6-13/h2-8,11H,9-10H2,1H3,(H,20,22). The van der Waals surface area contributed by atoms with Gasteiger partial charge in [-0.3, -0.25) is 9.59 Å². The number of thiazole rings is 1. The number of benzene rings is 2. The van der Waals surface area contributed by atoms with Crippen LogP contribution in [0, 0.1) is 6.92 Å². The van der Waals surface area contributed by atoms with Gasteiger partial charge in [0.15, 0.2) is 5.78 Å². The van der Waals surface area contributed by atoms with Gasteiger partial charge in [-0.2, -0.15) is 0 Å². The molecule has 0 unspecified atom stereocenters. The van der Waals surface area contributed by atoms with Crippen molar-refractivity contribution in [3.8, 4) is 0 Å². The number of nitrogens with zero attached hydrogens (tertiary/aromatic N) is 1. The van der Waals surface area contributed by atoms with Gasteiger partial charge < -0.3 is 5.32 Å². The van der Waals surface area contributed by atoms with Gasteiger partial charge >= 0.3 is 0 Å². The Labute approximate surface area is 138 Å². The van der Waals surface area contributed by atoms with E-state index in [1.807, 2.05) is 43.3 Å². The Hall–Kier alpha value is -2.53. The number of nitrogens with one attached hydrogen (secondary N) is 1. The molecule has 1 amide bonds. The van der Waals surface area contributed by atoms with Crippen molar-refractivity contribution in [2.45, 2.75) is 19.8 Å². The summed E-state index contributed by atoms with van der Waals surface area (Å²) in [7, 11) is 0. The molecule has 4 nitrogen and oxygen atoms in total. The highest BCUT2D eigenvalue weighted by molar-refractivity contribution is 7.18. The van der Waals surface area contributed by atoms with Gasteiger partial charge in [0, 0.05) is 24.1 Å². The lowest BCUT2D eigenvalue weighted by molar-refractivity contribution is -0.116. The van der Waals surface area contributed by atoms with Crippen LogP contribution in [-0.4, -0.2) is 16.7 Å². The van der Waals surface area contributed by atoms with Crippen molar-refractivity contribution in [2.75, 3.05) is 5.32 Å². The molecular formula is C18H16N2O2S. The van der Waals surface area contributed by atoms with Crippen molar-refractivity contribution in [3.05, 3.63) is 59.1 Å². The van der Waals surface area contributed by atoms with Crippen LogP contribution in [0.4, 0.5) is 5.69 Å². The third-order valence-electron chi connectivity index (χ3n) is 3.45. The summed E-state index contributed by atoms with van der Waals surface area (Å²) >= 11 is 1.59. The van der Waals surface area contributed by atoms with Crippen LogP contribution >= 0.6 is 11.3 Å². The molecule has 0 aliphatic rings. The van der Waals surface area contributed by atoms with Crippen LogP contribution in [0.2, 0.25) is 0 Å². The van der Waals surface area contributed by atoms with Crippen LogP contribution in [-0.2, 0) is 4.79 Å². The molecule has 5 heteroatoms. The zero-order valence-electron chi connectivity index (χ0n) is 12.7. The van der Waals surface area contributed by atoms with Gasteiger partial charge in [-0.15, -0.1) is 11.3 Å². The smallest absolute Gasteiger partial charge is 0.224 e. The summed E-state index contributed by atoms with van der Waals surface area (Å²) in [6.45, 7) is 1.96. The van der Waals surface area contributed by atoms with E-state index in [1.165, 1.54) is 0 Å². The molecule has 116 valence electrons. The predicted octanol–water partition coefficient (Wildman–Crippen LogP) is 4.21. The predicted molar refractivity (Wildman–Crippen MR) is 93.0 cm³/mol. The average Bonchev–Trinajstić information content (AvgIpc) is 2.92. The highest BCUT2D eigenvalue weighted by Gasteiger charge is 2.10. The molecule has 0 aliphatic heterocycles. The Morgan fingerprint density at radius 1 is 1.09 bits per heavy atom. The van der Waals surface area contributed by atoms with Gasteiger partial charge in [0.25, 0.3) is 0 Å². The highest BCUT2D eigenvalue weighted by atomic mass is 32.1. The average molecular weight is 324 g/mol. The first-order valence-corrected chi connectivity index (χ1v) is 8.19. The molecule has 0 bridgehead atoms. The maximum absolute atomic E-state index is 12.0. The minimum Gasteiger partial charge on any atom is -0.326 e. The zero-order valence-corrected chi connectivity index (χ0v) is 13.5. The first-order chi connectivity index (χ1) is 11.1. The molecule has 2 aromatic carbocycles. The second kappa shape index (κ2) is 6.71. The summed E-state index contributed by atoms with van der Waals surface area (Å²) in [5.74, 6) is -0.177. The largest absolute Gasteiger partial charge is 0.326 e. The van der Waals surface area contributed by atoms with Gasteiger partial charge in [0.1, 0.15) is 0 Å². The van der Waals surface area contributed by atoms with E-state index < -0.39 is 0 Å². The van der Waals surface area contributed by atoms with Crippen molar-refractivity contribution in [1.29, 1.82) is 0 Å². The summed E-state index contributed by atoms with van der Waals surface area (Å²) in [5, 5.41) is 3.84. The number of hydrogen-bond acceptors (Lipinski definition) is 4. The Bertz CT molecular complexity index is 856. The quantitative estimate of drug-likeness (QED) is 0.715. The van der Waals surface area contributed by atoms with Crippen molar-refractivity contribution < 1.29 is 9.59 Å². The lowest BCUT2D eigenvalue weighted by Gasteiger charge is -2.05. The first kappa shape index (κ1) is 15.4. The molecule has 0 spiro atoms. The number of amides is 1. The molecule has 1 heterocycles. The molecule has 0 radical (unpaired) electrons. The number of carbonyl (C=O) groups is 2. The molecule has 3 rings (SSSR count). The molecule has 0 atom stereocenters. The summed E-state index contributed by atoms with van der Waals surface area (Å²) in [4.78, 5) is 28.4. The van der Waals surface area contributed by atoms with E-state index in [0.717, 1.165) is 20.9 Å². The number of anilines is 1. The van der Waals surface area contributed by atoms with Gasteiger partial charge in [-0.05, 0) is 25.1 Å². The Morgan fingerprint density at radius 3 is 2.65 bits per heavy atom. The minimum atomic E-state index is -0.158. The van der Waals surface area contributed by atoms with Crippen molar-refractivity contribution in [3.63, 3.8) is 0 Å². The maximum Gasteiger partial charge on any atom is 0.224 e. The van der Waals surface area contributed by atoms with E-state index in [0.29, 0.717) is 5.56 Å². The summed E-state index contributed by atoms with van der Waals surface area (Å²) in [5.41, 5.74) is 2.31. The van der Waals surface area contributed by atoms with Crippen LogP contribution in [0.5, 0.6) is 0 Å². The van der Waals surface area contributed by atoms with Gasteiger partial charge in [-0.1, -0.05) is 30.3 Å². The van der Waals surface area contributed by atoms with E-state index in [1.54, 1.807) is 23.5 Å². The SMILES string of the molecule is Cc1nc2ccc(NC(=O)CCC(=O)c3ccccc3)cc2s1. The van der Waals surface area contributed by atoms with E-state index in [4.69, 9.17) is 0 Å². The first-order valence-electron chi connectivity index (χ1n) is 7.37. The molecule has 23 heavy (non-hydrogen) atoms. The van der Waals surface area contributed by atoms with Crippen molar-refractivity contribution in [1.82, 2.24) is 4.98 Å². The lowest BCUT2D eigenvalue weighted by atomic mass is 10.1. The number of Topliss-reactive ketones (excluding diaryl/α,β-unsaturated/α-hetero) is 1. The minimum absolute atomic E-state index is 0.0192. The fourth-order valence-corrected chi connectivity index (χ4v) is 3.20. The maximum atomic E-state index is 12.0. The summed E-state index contributed by atoms with van der Waals surface area (Å²) in [6, 6.07) is 14.7. The third-order valence-corrected chi connectivity index (χ3v) is 4.39. The number of hydrogen-bond donors (Lipinski definition) is 1. The Morgan fingerprint density at radius 2 is 1.87 bits per heavy atom. The van der Waals surface area contributed by atoms with Crippen LogP contribution in [0.15, 0.2) is 48.5 Å². The van der Waals surface area contributed by atoms with Crippen molar-refractivity contribution >= 4 is 38.9 Å². The van der Waals surface area contributed by atoms with Crippen LogP contribution in [0.3, 0.4) is 0 Å². The second-order valence-electron chi connectivity index (χ2n) is 5.25. The molecular weight excluding hydrogens is 308 g/mol. The topological polar surface area (TPSA) is 59.1 Å². The fourth-order valence-electron chi connectivity index (χ4n) is 2.34. The van der Waals surface area contributed by atoms with Gasteiger partial charge in [0.2, 0.25) is 5.91 Å². The highest BCUT2D eigenvalue weighted by Crippen LogP contribution is 2.24. The van der Waals surface area contributed by atoms with E-state index in [9.17, 15) is 9.59 Å². The molecule has 0 fully saturated rings. The molecule has 1 aromatic heterocycles. The number of carbonyl (C=O) groups excluding carboxylic acids is 2. The van der Waals surface area contributed by atoms with E-state index in [-0.39, 0.29) is 24.5 Å². The summed E-state index contributed by atoms with van der Waals surface area (Å²) < 4.78 is 1.04. The molecule has 0 saturated heterocycles. The third kappa shape index (κ3) is 3.81. The van der Waals surface area contributed by atoms with Crippen LogP contribution in [0.1, 0.15) is 28.2 Å². The van der Waals surface area contributed by atoms with Gasteiger partial charge in [-0.25, -0.2) is 4.98 Å². The fraction of sp³-hybridized carbons (Fsp3) is 0.167. The van der Waals surface area contributed by atoms with Crippen molar-refractivity contribution in [2.24, 2.45) is 0 Å². The van der Waals surface area contributed by atoms with Gasteiger partial charge in [0.05, 0.1) is 15.2 Å². The molecule has 1 N–H and O–H groups in total.